The van der Waals surface area contributed by atoms with Gasteiger partial charge in [0.25, 0.3) is 0 Å². The summed E-state index contributed by atoms with van der Waals surface area (Å²) in [7, 11) is 0. The SMILES string of the molecule is NC1(C(=O)NCCNC(=O)CC2CCCCC2)CCCCC1. The minimum Gasteiger partial charge on any atom is -0.354 e. The van der Waals surface area contributed by atoms with Crippen molar-refractivity contribution in [2.45, 2.75) is 76.2 Å². The van der Waals surface area contributed by atoms with Gasteiger partial charge in [-0.2, -0.15) is 0 Å². The van der Waals surface area contributed by atoms with Crippen LogP contribution in [0.15, 0.2) is 0 Å². The Labute approximate surface area is 133 Å². The van der Waals surface area contributed by atoms with Crippen LogP contribution in [0.3, 0.4) is 0 Å². The standard InChI is InChI=1S/C17H31N3O2/c18-17(9-5-2-6-10-17)16(22)20-12-11-19-15(21)13-14-7-3-1-4-8-14/h14H,1-13,18H2,(H,19,21)(H,20,22). The normalized spacial score (nSPS) is 22.0. The van der Waals surface area contributed by atoms with Crippen LogP contribution >= 0.6 is 0 Å². The van der Waals surface area contributed by atoms with E-state index in [2.05, 4.69) is 10.6 Å². The van der Waals surface area contributed by atoms with Gasteiger partial charge in [0.2, 0.25) is 11.8 Å². The van der Waals surface area contributed by atoms with Gasteiger partial charge < -0.3 is 16.4 Å². The molecule has 2 saturated carbocycles. The fourth-order valence-corrected chi connectivity index (χ4v) is 3.69. The van der Waals surface area contributed by atoms with Crippen LogP contribution in [-0.4, -0.2) is 30.4 Å². The fourth-order valence-electron chi connectivity index (χ4n) is 3.69. The maximum absolute atomic E-state index is 12.1. The van der Waals surface area contributed by atoms with E-state index < -0.39 is 5.54 Å². The minimum absolute atomic E-state index is 0.0614. The van der Waals surface area contributed by atoms with Crippen LogP contribution in [0.2, 0.25) is 0 Å². The molecular formula is C17H31N3O2. The molecule has 0 aromatic carbocycles. The van der Waals surface area contributed by atoms with E-state index in [-0.39, 0.29) is 11.8 Å². The summed E-state index contributed by atoms with van der Waals surface area (Å²) >= 11 is 0. The lowest BCUT2D eigenvalue weighted by atomic mass is 9.82. The van der Waals surface area contributed by atoms with E-state index in [1.165, 1.54) is 38.5 Å². The Kier molecular flexibility index (Phi) is 6.68. The molecule has 0 unspecified atom stereocenters. The molecule has 0 aromatic heterocycles. The Morgan fingerprint density at radius 2 is 1.50 bits per heavy atom. The van der Waals surface area contributed by atoms with Crippen LogP contribution in [0.5, 0.6) is 0 Å². The van der Waals surface area contributed by atoms with Crippen LogP contribution in [0.1, 0.15) is 70.6 Å². The number of carbonyl (C=O) groups is 2. The summed E-state index contributed by atoms with van der Waals surface area (Å²) in [4.78, 5) is 24.0. The second kappa shape index (κ2) is 8.51. The molecule has 2 fully saturated rings. The highest BCUT2D eigenvalue weighted by molar-refractivity contribution is 5.86. The van der Waals surface area contributed by atoms with Gasteiger partial charge in [-0.3, -0.25) is 9.59 Å². The molecule has 0 saturated heterocycles. The minimum atomic E-state index is -0.690. The van der Waals surface area contributed by atoms with Gasteiger partial charge >= 0.3 is 0 Å². The highest BCUT2D eigenvalue weighted by atomic mass is 16.2. The molecule has 2 amide bonds. The zero-order chi connectivity index (χ0) is 15.8. The average Bonchev–Trinajstić information content (AvgIpc) is 2.53. The molecule has 0 spiro atoms. The van der Waals surface area contributed by atoms with E-state index in [0.717, 1.165) is 25.7 Å². The van der Waals surface area contributed by atoms with E-state index >= 15 is 0 Å². The Hall–Kier alpha value is -1.10. The first kappa shape index (κ1) is 17.3. The van der Waals surface area contributed by atoms with Crippen molar-refractivity contribution in [2.24, 2.45) is 11.7 Å². The van der Waals surface area contributed by atoms with Gasteiger partial charge in [0.05, 0.1) is 5.54 Å². The first-order valence-electron chi connectivity index (χ1n) is 8.94. The summed E-state index contributed by atoms with van der Waals surface area (Å²) in [5.41, 5.74) is 5.48. The molecule has 2 aliphatic carbocycles. The van der Waals surface area contributed by atoms with Gasteiger partial charge in [0.1, 0.15) is 0 Å². The first-order chi connectivity index (χ1) is 10.6. The van der Waals surface area contributed by atoms with Gasteiger partial charge in [0, 0.05) is 19.5 Å². The van der Waals surface area contributed by atoms with E-state index in [1.807, 2.05) is 0 Å². The van der Waals surface area contributed by atoms with Crippen LogP contribution < -0.4 is 16.4 Å². The molecule has 4 N–H and O–H groups in total. The quantitative estimate of drug-likeness (QED) is 0.655. The highest BCUT2D eigenvalue weighted by Crippen LogP contribution is 2.26. The lowest BCUT2D eigenvalue weighted by Crippen LogP contribution is -2.55. The van der Waals surface area contributed by atoms with E-state index in [1.54, 1.807) is 0 Å². The highest BCUT2D eigenvalue weighted by Gasteiger charge is 2.34. The van der Waals surface area contributed by atoms with E-state index in [0.29, 0.717) is 25.4 Å². The number of amides is 2. The molecule has 2 aliphatic rings. The van der Waals surface area contributed by atoms with E-state index in [9.17, 15) is 9.59 Å². The lowest BCUT2D eigenvalue weighted by molar-refractivity contribution is -0.128. The molecule has 2 rings (SSSR count). The molecule has 0 aromatic rings. The zero-order valence-electron chi connectivity index (χ0n) is 13.7. The van der Waals surface area contributed by atoms with Crippen LogP contribution in [0, 0.1) is 5.92 Å². The molecule has 5 heteroatoms. The largest absolute Gasteiger partial charge is 0.354 e. The smallest absolute Gasteiger partial charge is 0.240 e. The van der Waals surface area contributed by atoms with Gasteiger partial charge in [-0.05, 0) is 31.6 Å². The average molecular weight is 309 g/mol. The van der Waals surface area contributed by atoms with Crippen LogP contribution in [0.4, 0.5) is 0 Å². The third kappa shape index (κ3) is 5.27. The number of nitrogens with two attached hydrogens (primary N) is 1. The maximum atomic E-state index is 12.1. The summed E-state index contributed by atoms with van der Waals surface area (Å²) in [6.07, 6.45) is 11.6. The van der Waals surface area contributed by atoms with Crippen molar-refractivity contribution >= 4 is 11.8 Å². The van der Waals surface area contributed by atoms with Gasteiger partial charge in [-0.1, -0.05) is 38.5 Å². The predicted molar refractivity (Wildman–Crippen MR) is 87.2 cm³/mol. The molecule has 0 atom stereocenters. The Morgan fingerprint density at radius 1 is 0.909 bits per heavy atom. The van der Waals surface area contributed by atoms with Gasteiger partial charge in [-0.15, -0.1) is 0 Å². The molecule has 0 bridgehead atoms. The Bertz CT molecular complexity index is 372. The lowest BCUT2D eigenvalue weighted by Gasteiger charge is -2.31. The predicted octanol–water partition coefficient (Wildman–Crippen LogP) is 1.85. The van der Waals surface area contributed by atoms with Crippen molar-refractivity contribution in [1.82, 2.24) is 10.6 Å². The summed E-state index contributed by atoms with van der Waals surface area (Å²) in [6.45, 7) is 0.960. The number of carbonyl (C=O) groups excluding carboxylic acids is 2. The topological polar surface area (TPSA) is 84.2 Å². The van der Waals surface area contributed by atoms with Crippen molar-refractivity contribution in [2.75, 3.05) is 13.1 Å². The number of nitrogens with one attached hydrogen (secondary N) is 2. The fraction of sp³-hybridized carbons (Fsp3) is 0.882. The van der Waals surface area contributed by atoms with Crippen molar-refractivity contribution < 1.29 is 9.59 Å². The molecule has 5 nitrogen and oxygen atoms in total. The van der Waals surface area contributed by atoms with Crippen LogP contribution in [0.25, 0.3) is 0 Å². The third-order valence-corrected chi connectivity index (χ3v) is 5.13. The van der Waals surface area contributed by atoms with Crippen LogP contribution in [-0.2, 0) is 9.59 Å². The van der Waals surface area contributed by atoms with Gasteiger partial charge in [0.15, 0.2) is 0 Å². The first-order valence-corrected chi connectivity index (χ1v) is 8.94. The summed E-state index contributed by atoms with van der Waals surface area (Å²) in [5, 5.41) is 5.78. The van der Waals surface area contributed by atoms with Crippen molar-refractivity contribution in [1.29, 1.82) is 0 Å². The third-order valence-electron chi connectivity index (χ3n) is 5.13. The molecule has 22 heavy (non-hydrogen) atoms. The molecule has 0 heterocycles. The maximum Gasteiger partial charge on any atom is 0.240 e. The molecule has 126 valence electrons. The Morgan fingerprint density at radius 3 is 2.18 bits per heavy atom. The second-order valence-electron chi connectivity index (χ2n) is 7.03. The van der Waals surface area contributed by atoms with E-state index in [4.69, 9.17) is 5.73 Å². The monoisotopic (exact) mass is 309 g/mol. The summed E-state index contributed by atoms with van der Waals surface area (Å²) < 4.78 is 0. The zero-order valence-corrected chi connectivity index (χ0v) is 13.7. The van der Waals surface area contributed by atoms with Crippen molar-refractivity contribution in [3.8, 4) is 0 Å². The summed E-state index contributed by atoms with van der Waals surface area (Å²) in [5.74, 6) is 0.605. The van der Waals surface area contributed by atoms with Crippen molar-refractivity contribution in [3.63, 3.8) is 0 Å². The number of rotatable bonds is 6. The molecular weight excluding hydrogens is 278 g/mol. The molecule has 0 aliphatic heterocycles. The number of hydrogen-bond donors (Lipinski definition) is 3. The second-order valence-corrected chi connectivity index (χ2v) is 7.03. The number of hydrogen-bond acceptors (Lipinski definition) is 3. The van der Waals surface area contributed by atoms with Crippen molar-refractivity contribution in [3.05, 3.63) is 0 Å². The molecule has 0 radical (unpaired) electrons. The summed E-state index contributed by atoms with van der Waals surface area (Å²) in [6, 6.07) is 0. The van der Waals surface area contributed by atoms with Gasteiger partial charge in [-0.25, -0.2) is 0 Å². The Balaban J connectivity index is 1.58.